The molecule has 1 heterocycles. The summed E-state index contributed by atoms with van der Waals surface area (Å²) in [4.78, 5) is 22.9. The first-order valence-electron chi connectivity index (χ1n) is 14.3. The van der Waals surface area contributed by atoms with Gasteiger partial charge in [0.05, 0.1) is 25.4 Å². The van der Waals surface area contributed by atoms with Gasteiger partial charge in [0.1, 0.15) is 0 Å². The Labute approximate surface area is 251 Å². The molecule has 0 aliphatic carbocycles. The Bertz CT molecular complexity index is 1300. The lowest BCUT2D eigenvalue weighted by Crippen LogP contribution is -2.38. The highest BCUT2D eigenvalue weighted by molar-refractivity contribution is 7.99. The van der Waals surface area contributed by atoms with E-state index in [4.69, 9.17) is 14.6 Å². The number of aliphatic carboxylic acids is 1. The van der Waals surface area contributed by atoms with Crippen molar-refractivity contribution in [3.63, 3.8) is 0 Å². The Morgan fingerprint density at radius 1 is 0.905 bits per heavy atom. The third-order valence-electron chi connectivity index (χ3n) is 7.42. The lowest BCUT2D eigenvalue weighted by Gasteiger charge is -2.41. The number of hydrogen-bond donors (Lipinski definition) is 4. The van der Waals surface area contributed by atoms with E-state index in [9.17, 15) is 19.8 Å². The average molecular weight is 594 g/mol. The van der Waals surface area contributed by atoms with E-state index in [1.165, 1.54) is 0 Å². The summed E-state index contributed by atoms with van der Waals surface area (Å²) in [6.45, 7) is 2.58. The van der Waals surface area contributed by atoms with Crippen molar-refractivity contribution in [2.75, 3.05) is 18.1 Å². The molecule has 0 aromatic heterocycles. The summed E-state index contributed by atoms with van der Waals surface area (Å²) in [6, 6.07) is 23.7. The first-order chi connectivity index (χ1) is 20.4. The number of hydrogen-bond acceptors (Lipinski definition) is 7. The molecule has 9 heteroatoms. The van der Waals surface area contributed by atoms with Gasteiger partial charge < -0.3 is 30.1 Å². The van der Waals surface area contributed by atoms with Crippen LogP contribution in [-0.4, -0.2) is 51.4 Å². The number of benzene rings is 3. The molecular weight excluding hydrogens is 554 g/mol. The smallest absolute Gasteiger partial charge is 0.303 e. The molecule has 1 aliphatic heterocycles. The molecule has 42 heavy (non-hydrogen) atoms. The van der Waals surface area contributed by atoms with E-state index >= 15 is 0 Å². The van der Waals surface area contributed by atoms with Crippen molar-refractivity contribution in [2.45, 2.75) is 57.8 Å². The lowest BCUT2D eigenvalue weighted by atomic mass is 9.91. The predicted molar refractivity (Wildman–Crippen MR) is 163 cm³/mol. The molecule has 8 nitrogen and oxygen atoms in total. The molecule has 1 amide bonds. The van der Waals surface area contributed by atoms with Gasteiger partial charge in [0.2, 0.25) is 5.91 Å². The lowest BCUT2D eigenvalue weighted by molar-refractivity contribution is -0.268. The van der Waals surface area contributed by atoms with Gasteiger partial charge in [0.25, 0.3) is 0 Å². The summed E-state index contributed by atoms with van der Waals surface area (Å²) in [6.07, 6.45) is -0.391. The van der Waals surface area contributed by atoms with Crippen LogP contribution in [0.5, 0.6) is 0 Å². The van der Waals surface area contributed by atoms with E-state index in [0.29, 0.717) is 18.7 Å². The average Bonchev–Trinajstić information content (AvgIpc) is 3.01. The van der Waals surface area contributed by atoms with Crippen LogP contribution in [0.15, 0.2) is 72.8 Å². The maximum atomic E-state index is 12.2. The zero-order valence-corrected chi connectivity index (χ0v) is 24.6. The molecule has 1 fully saturated rings. The second-order valence-electron chi connectivity index (χ2n) is 10.4. The molecule has 4 atom stereocenters. The Kier molecular flexibility index (Phi) is 12.0. The number of ether oxygens (including phenoxy) is 2. The SMILES string of the molecule is C[C@H]1[C@@H](CSCCO)O[C@@H](c2ccc(-c3ccccc3CNC(=O)CCCC(=O)O)cc2)O[C@H]1c1ccc(CO)cc1. The summed E-state index contributed by atoms with van der Waals surface area (Å²) in [7, 11) is 0. The molecule has 3 aromatic rings. The maximum absolute atomic E-state index is 12.2. The van der Waals surface area contributed by atoms with Gasteiger partial charge in [-0.15, -0.1) is 0 Å². The van der Waals surface area contributed by atoms with Gasteiger partial charge in [-0.05, 0) is 34.2 Å². The van der Waals surface area contributed by atoms with E-state index in [1.54, 1.807) is 11.8 Å². The van der Waals surface area contributed by atoms with Crippen molar-refractivity contribution >= 4 is 23.6 Å². The Morgan fingerprint density at radius 2 is 1.62 bits per heavy atom. The molecule has 0 spiro atoms. The van der Waals surface area contributed by atoms with Crippen molar-refractivity contribution in [3.05, 3.63) is 95.1 Å². The Morgan fingerprint density at radius 3 is 2.31 bits per heavy atom. The third kappa shape index (κ3) is 8.65. The predicted octanol–water partition coefficient (Wildman–Crippen LogP) is 5.23. The van der Waals surface area contributed by atoms with Crippen molar-refractivity contribution < 1.29 is 34.4 Å². The number of aliphatic hydroxyl groups excluding tert-OH is 2. The van der Waals surface area contributed by atoms with Crippen LogP contribution in [-0.2, 0) is 32.2 Å². The van der Waals surface area contributed by atoms with Crippen molar-refractivity contribution in [3.8, 4) is 11.1 Å². The monoisotopic (exact) mass is 593 g/mol. The second kappa shape index (κ2) is 15.9. The van der Waals surface area contributed by atoms with Crippen LogP contribution in [0.3, 0.4) is 0 Å². The molecule has 1 aliphatic rings. The number of thioether (sulfide) groups is 1. The molecule has 0 bridgehead atoms. The van der Waals surface area contributed by atoms with Crippen LogP contribution in [0.4, 0.5) is 0 Å². The van der Waals surface area contributed by atoms with Crippen molar-refractivity contribution in [1.82, 2.24) is 5.32 Å². The fourth-order valence-electron chi connectivity index (χ4n) is 5.03. The quantitative estimate of drug-likeness (QED) is 0.187. The fraction of sp³-hybridized carbons (Fsp3) is 0.394. The highest BCUT2D eigenvalue weighted by Crippen LogP contribution is 2.42. The summed E-state index contributed by atoms with van der Waals surface area (Å²) in [5.41, 5.74) is 5.71. The molecule has 0 radical (unpaired) electrons. The first-order valence-corrected chi connectivity index (χ1v) is 15.4. The molecule has 224 valence electrons. The highest BCUT2D eigenvalue weighted by atomic mass is 32.2. The van der Waals surface area contributed by atoms with Gasteiger partial charge in [-0.25, -0.2) is 0 Å². The molecule has 3 aromatic carbocycles. The largest absolute Gasteiger partial charge is 0.481 e. The van der Waals surface area contributed by atoms with Crippen LogP contribution in [0.2, 0.25) is 0 Å². The van der Waals surface area contributed by atoms with E-state index in [0.717, 1.165) is 39.1 Å². The zero-order valence-electron chi connectivity index (χ0n) is 23.8. The number of nitrogens with one attached hydrogen (secondary N) is 1. The first kappa shape index (κ1) is 31.7. The third-order valence-corrected chi connectivity index (χ3v) is 8.46. The van der Waals surface area contributed by atoms with E-state index < -0.39 is 12.3 Å². The second-order valence-corrected chi connectivity index (χ2v) is 11.6. The van der Waals surface area contributed by atoms with E-state index in [-0.39, 0.29) is 50.1 Å². The molecule has 1 saturated heterocycles. The van der Waals surface area contributed by atoms with Gasteiger partial charge in [-0.2, -0.15) is 11.8 Å². The standard InChI is InChI=1S/C33H39NO7S/c1-22-29(21-42-18-17-35)40-33(41-32(22)25-11-9-23(20-36)10-12-25)26-15-13-24(14-16-26)28-6-3-2-5-27(28)19-34-30(37)7-4-8-31(38)39/h2-3,5-6,9-16,22,29,32-33,35-36H,4,7-8,17-21H2,1H3,(H,34,37)(H,38,39)/t22-,29+,32+,33+/m0/s1. The van der Waals surface area contributed by atoms with Crippen LogP contribution in [0.1, 0.15) is 60.8 Å². The minimum atomic E-state index is -0.904. The van der Waals surface area contributed by atoms with E-state index in [1.807, 2.05) is 72.8 Å². The number of carboxylic acids is 1. The minimum absolute atomic E-state index is 0.0117. The van der Waals surface area contributed by atoms with Crippen molar-refractivity contribution in [1.29, 1.82) is 0 Å². The number of carbonyl (C=O) groups excluding carboxylic acids is 1. The number of carboxylic acid groups (broad SMARTS) is 1. The minimum Gasteiger partial charge on any atom is -0.481 e. The number of carbonyl (C=O) groups is 2. The molecule has 0 saturated carbocycles. The Balaban J connectivity index is 1.49. The van der Waals surface area contributed by atoms with E-state index in [2.05, 4.69) is 12.2 Å². The molecular formula is C33H39NO7S. The van der Waals surface area contributed by atoms with Crippen LogP contribution < -0.4 is 5.32 Å². The van der Waals surface area contributed by atoms with Gasteiger partial charge >= 0.3 is 5.97 Å². The fourth-order valence-corrected chi connectivity index (χ4v) is 5.94. The van der Waals surface area contributed by atoms with Gasteiger partial charge in [-0.3, -0.25) is 9.59 Å². The van der Waals surface area contributed by atoms with Gasteiger partial charge in [-0.1, -0.05) is 79.7 Å². The molecule has 0 unspecified atom stereocenters. The Hall–Kier alpha value is -3.21. The summed E-state index contributed by atoms with van der Waals surface area (Å²) >= 11 is 1.66. The van der Waals surface area contributed by atoms with Crippen LogP contribution in [0.25, 0.3) is 11.1 Å². The molecule has 4 rings (SSSR count). The zero-order chi connectivity index (χ0) is 29.9. The van der Waals surface area contributed by atoms with Crippen LogP contribution in [0, 0.1) is 5.92 Å². The highest BCUT2D eigenvalue weighted by Gasteiger charge is 2.38. The number of aliphatic hydroxyl groups is 2. The van der Waals surface area contributed by atoms with Crippen LogP contribution >= 0.6 is 11.8 Å². The maximum Gasteiger partial charge on any atom is 0.303 e. The van der Waals surface area contributed by atoms with Crippen molar-refractivity contribution in [2.24, 2.45) is 5.92 Å². The summed E-state index contributed by atoms with van der Waals surface area (Å²) < 4.78 is 13.0. The normalized spacial score (nSPS) is 20.3. The summed E-state index contributed by atoms with van der Waals surface area (Å²) in [5, 5.41) is 30.4. The topological polar surface area (TPSA) is 125 Å². The summed E-state index contributed by atoms with van der Waals surface area (Å²) in [5.74, 6) is 0.386. The number of amides is 1. The van der Waals surface area contributed by atoms with Gasteiger partial charge in [0, 0.05) is 42.4 Å². The van der Waals surface area contributed by atoms with Gasteiger partial charge in [0.15, 0.2) is 6.29 Å². The number of rotatable bonds is 14. The molecule has 4 N–H and O–H groups in total.